The third-order valence-corrected chi connectivity index (χ3v) is 9.20. The Hall–Kier alpha value is -4.88. The molecule has 0 radical (unpaired) electrons. The van der Waals surface area contributed by atoms with E-state index in [1.807, 2.05) is 39.8 Å². The molecule has 3 aliphatic carbocycles. The van der Waals surface area contributed by atoms with Crippen molar-refractivity contribution in [3.8, 4) is 22.6 Å². The summed E-state index contributed by atoms with van der Waals surface area (Å²) >= 11 is 0. The number of likely N-dealkylation sites (N-methyl/N-ethyl adjacent to an activating group) is 1. The third kappa shape index (κ3) is 5.66. The number of fused-ring (bicyclic) bond motifs is 3. The van der Waals surface area contributed by atoms with Gasteiger partial charge in [-0.3, -0.25) is 19.3 Å². The van der Waals surface area contributed by atoms with E-state index >= 15 is 0 Å². The smallest absolute Gasteiger partial charge is 0.315 e. The van der Waals surface area contributed by atoms with Crippen molar-refractivity contribution in [1.29, 1.82) is 0 Å². The summed E-state index contributed by atoms with van der Waals surface area (Å²) in [5.74, 6) is -6.54. The molecule has 0 aromatic heterocycles. The number of amides is 3. The van der Waals surface area contributed by atoms with Crippen molar-refractivity contribution >= 4 is 29.3 Å². The predicted molar refractivity (Wildman–Crippen MR) is 176 cm³/mol. The summed E-state index contributed by atoms with van der Waals surface area (Å²) in [6, 6.07) is 6.95. The van der Waals surface area contributed by atoms with Gasteiger partial charge >= 0.3 is 6.03 Å². The van der Waals surface area contributed by atoms with E-state index in [-0.39, 0.29) is 42.3 Å². The van der Waals surface area contributed by atoms with E-state index in [2.05, 4.69) is 10.6 Å². The van der Waals surface area contributed by atoms with Crippen molar-refractivity contribution in [2.45, 2.75) is 64.3 Å². The number of aliphatic hydroxyl groups excluding tert-OH is 2. The number of nitrogens with two attached hydrogens (primary N) is 1. The Bertz CT molecular complexity index is 1790. The highest BCUT2D eigenvalue weighted by atomic mass is 16.5. The van der Waals surface area contributed by atoms with Crippen LogP contribution in [0.5, 0.6) is 11.5 Å². The summed E-state index contributed by atoms with van der Waals surface area (Å²) < 4.78 is 5.82. The molecule has 0 saturated heterocycles. The largest absolute Gasteiger partial charge is 0.508 e. The monoisotopic (exact) mass is 662 g/mol. The van der Waals surface area contributed by atoms with Crippen molar-refractivity contribution in [3.63, 3.8) is 0 Å². The number of aromatic hydroxyl groups is 1. The van der Waals surface area contributed by atoms with E-state index in [9.17, 15) is 39.6 Å². The number of ketones is 2. The number of phenolic OH excluding ortho intramolecular Hbond substituents is 1. The number of primary amides is 1. The van der Waals surface area contributed by atoms with Gasteiger partial charge in [0.2, 0.25) is 5.78 Å². The number of ether oxygens (including phenoxy) is 1. The molecule has 1 saturated carbocycles. The number of aliphatic hydroxyl groups is 3. The number of carbonyl (C=O) groups is 4. The molecule has 0 aliphatic heterocycles. The van der Waals surface area contributed by atoms with E-state index in [1.54, 1.807) is 26.2 Å². The number of urea groups is 1. The summed E-state index contributed by atoms with van der Waals surface area (Å²) in [4.78, 5) is 53.7. The molecule has 13 nitrogen and oxygen atoms in total. The fourth-order valence-corrected chi connectivity index (χ4v) is 7.26. The molecule has 1 unspecified atom stereocenters. The summed E-state index contributed by atoms with van der Waals surface area (Å²) in [5.41, 5.74) is 3.66. The molecule has 13 heteroatoms. The second-order valence-corrected chi connectivity index (χ2v) is 13.8. The fraction of sp³-hybridized carbons (Fsp3) is 0.429. The maximum absolute atomic E-state index is 14.1. The number of carbonyl (C=O) groups excluding carboxylic acids is 4. The number of phenols is 1. The Kier molecular flexibility index (Phi) is 8.82. The predicted octanol–water partition coefficient (Wildman–Crippen LogP) is 2.63. The number of hydrogen-bond acceptors (Lipinski definition) is 10. The van der Waals surface area contributed by atoms with Gasteiger partial charge in [0, 0.05) is 29.1 Å². The van der Waals surface area contributed by atoms with Gasteiger partial charge in [-0.15, -0.1) is 0 Å². The van der Waals surface area contributed by atoms with Gasteiger partial charge in [-0.25, -0.2) is 4.79 Å². The second-order valence-electron chi connectivity index (χ2n) is 13.8. The quantitative estimate of drug-likeness (QED) is 0.215. The lowest BCUT2D eigenvalue weighted by molar-refractivity contribution is -0.153. The summed E-state index contributed by atoms with van der Waals surface area (Å²) in [7, 11) is 3.10. The Morgan fingerprint density at radius 1 is 1.10 bits per heavy atom. The van der Waals surface area contributed by atoms with E-state index in [1.165, 1.54) is 11.0 Å². The lowest BCUT2D eigenvalue weighted by Gasteiger charge is -2.50. The highest BCUT2D eigenvalue weighted by molar-refractivity contribution is 6.24. The van der Waals surface area contributed by atoms with Gasteiger partial charge in [0.25, 0.3) is 5.91 Å². The summed E-state index contributed by atoms with van der Waals surface area (Å²) in [6.07, 6.45) is 0.106. The van der Waals surface area contributed by atoms with Crippen molar-refractivity contribution in [2.24, 2.45) is 17.6 Å². The first-order valence-electron chi connectivity index (χ1n) is 15.7. The molecule has 3 aliphatic rings. The average Bonchev–Trinajstić information content (AvgIpc) is 2.97. The van der Waals surface area contributed by atoms with Gasteiger partial charge in [-0.2, -0.15) is 0 Å². The third-order valence-electron chi connectivity index (χ3n) is 9.20. The van der Waals surface area contributed by atoms with Crippen LogP contribution in [0, 0.1) is 11.8 Å². The maximum atomic E-state index is 14.1. The normalized spacial score (nSPS) is 23.8. The van der Waals surface area contributed by atoms with Gasteiger partial charge in [-0.05, 0) is 95.4 Å². The van der Waals surface area contributed by atoms with Crippen LogP contribution in [0.3, 0.4) is 0 Å². The van der Waals surface area contributed by atoms with Crippen LogP contribution in [-0.2, 0) is 27.3 Å². The lowest BCUT2D eigenvalue weighted by Crippen LogP contribution is -2.65. The number of rotatable bonds is 7. The summed E-state index contributed by atoms with van der Waals surface area (Å²) in [6.45, 7) is 7.98. The molecule has 48 heavy (non-hydrogen) atoms. The Morgan fingerprint density at radius 2 is 1.79 bits per heavy atom. The van der Waals surface area contributed by atoms with Crippen molar-refractivity contribution in [3.05, 3.63) is 63.9 Å². The first kappa shape index (κ1) is 34.5. The number of Topliss-reactive ketones (excluding diaryl/α,β-unsaturated/α-hetero) is 2. The zero-order chi connectivity index (χ0) is 35.5. The highest BCUT2D eigenvalue weighted by Crippen LogP contribution is 2.53. The highest BCUT2D eigenvalue weighted by Gasteiger charge is 2.64. The minimum absolute atomic E-state index is 0.0121. The molecule has 8 N–H and O–H groups in total. The van der Waals surface area contributed by atoms with Crippen LogP contribution in [0.1, 0.15) is 50.8 Å². The van der Waals surface area contributed by atoms with E-state index < -0.39 is 63.6 Å². The molecular formula is C35H42N4O9. The van der Waals surface area contributed by atoms with Crippen LogP contribution in [0.25, 0.3) is 16.9 Å². The van der Waals surface area contributed by atoms with Crippen LogP contribution in [-0.4, -0.2) is 86.7 Å². The SMILES string of the molecule is CCOc1ccc(-c2ccc(O)c3c2C[C@@H]2C[C@@H]4C(N(C)C)C(=O)C(C(N)=O)=C(O)[C@]4(O)C(=O)C2=C3O)cc1CNC(=O)NC(C)(C)C. The molecule has 256 valence electrons. The number of nitrogens with zero attached hydrogens (tertiary/aromatic N) is 1. The Morgan fingerprint density at radius 3 is 2.40 bits per heavy atom. The maximum Gasteiger partial charge on any atom is 0.315 e. The number of nitrogens with one attached hydrogen (secondary N) is 2. The summed E-state index contributed by atoms with van der Waals surface area (Å²) in [5, 5.41) is 51.2. The zero-order valence-corrected chi connectivity index (χ0v) is 27.8. The van der Waals surface area contributed by atoms with E-state index in [0.29, 0.717) is 34.6 Å². The molecular weight excluding hydrogens is 620 g/mol. The molecule has 3 amide bonds. The standard InChI is InChI=1S/C35H42N4O9/c1-7-48-23-11-8-16(12-18(23)15-37-33(46)38-34(2,3)4)19-9-10-22(40)25-20(19)13-17-14-21-27(39(5)6)29(42)26(32(36)45)31(44)35(21,47)30(43)24(17)28(25)41/h8-12,17,21,27,40-41,44,47H,7,13-15H2,1-6H3,(H2,36,45)(H2,37,38,46)/t17-,21-,27?,35-/m1/s1. The first-order valence-corrected chi connectivity index (χ1v) is 15.7. The van der Waals surface area contributed by atoms with Gasteiger partial charge < -0.3 is 41.5 Å². The Labute approximate surface area is 278 Å². The minimum Gasteiger partial charge on any atom is -0.508 e. The fourth-order valence-electron chi connectivity index (χ4n) is 7.26. The lowest BCUT2D eigenvalue weighted by atomic mass is 9.57. The van der Waals surface area contributed by atoms with Crippen molar-refractivity contribution in [2.75, 3.05) is 20.7 Å². The molecule has 2 aromatic rings. The molecule has 0 heterocycles. The van der Waals surface area contributed by atoms with Gasteiger partial charge in [0.15, 0.2) is 11.4 Å². The van der Waals surface area contributed by atoms with Crippen LogP contribution in [0.2, 0.25) is 0 Å². The van der Waals surface area contributed by atoms with Gasteiger partial charge in [0.1, 0.15) is 28.6 Å². The van der Waals surface area contributed by atoms with Crippen LogP contribution >= 0.6 is 0 Å². The number of hydrogen-bond donors (Lipinski definition) is 7. The molecule has 5 rings (SSSR count). The van der Waals surface area contributed by atoms with Crippen LogP contribution in [0.4, 0.5) is 4.79 Å². The first-order chi connectivity index (χ1) is 22.4. The van der Waals surface area contributed by atoms with E-state index in [0.717, 1.165) is 0 Å². The van der Waals surface area contributed by atoms with Crippen LogP contribution < -0.4 is 21.1 Å². The van der Waals surface area contributed by atoms with Crippen LogP contribution in [0.15, 0.2) is 47.2 Å². The van der Waals surface area contributed by atoms with E-state index in [4.69, 9.17) is 10.5 Å². The minimum atomic E-state index is -2.71. The van der Waals surface area contributed by atoms with Crippen molar-refractivity contribution in [1.82, 2.24) is 15.5 Å². The van der Waals surface area contributed by atoms with Gasteiger partial charge in [-0.1, -0.05) is 12.1 Å². The molecule has 4 atom stereocenters. The number of benzene rings is 2. The molecule has 0 spiro atoms. The zero-order valence-electron chi connectivity index (χ0n) is 27.8. The molecule has 0 bridgehead atoms. The Balaban J connectivity index is 1.62. The average molecular weight is 663 g/mol. The molecule has 2 aromatic carbocycles. The van der Waals surface area contributed by atoms with Crippen molar-refractivity contribution < 1.29 is 44.3 Å². The second kappa shape index (κ2) is 12.3. The van der Waals surface area contributed by atoms with Gasteiger partial charge in [0.05, 0.1) is 18.2 Å². The topological polar surface area (TPSA) is 212 Å². The molecule has 1 fully saturated rings.